The van der Waals surface area contributed by atoms with Crippen molar-refractivity contribution in [3.8, 4) is 0 Å². The highest BCUT2D eigenvalue weighted by atomic mass is 32.2. The van der Waals surface area contributed by atoms with Gasteiger partial charge in [-0.3, -0.25) is 4.79 Å². The number of carbonyl (C=O) groups excluding carboxylic acids is 2. The summed E-state index contributed by atoms with van der Waals surface area (Å²) in [6, 6.07) is 26.3. The average molecular weight is 435 g/mol. The first-order valence-electron chi connectivity index (χ1n) is 10.1. The van der Waals surface area contributed by atoms with Crippen LogP contribution in [0.25, 0.3) is 0 Å². The van der Waals surface area contributed by atoms with Crippen molar-refractivity contribution in [2.24, 2.45) is 0 Å². The number of nitrogens with one attached hydrogen (secondary N) is 2. The monoisotopic (exact) mass is 434 g/mol. The minimum absolute atomic E-state index is 0.149. The number of thioether (sulfide) groups is 1. The molecule has 0 saturated carbocycles. The fourth-order valence-corrected chi connectivity index (χ4v) is 3.91. The van der Waals surface area contributed by atoms with Gasteiger partial charge in [0.25, 0.3) is 0 Å². The lowest BCUT2D eigenvalue weighted by Crippen LogP contribution is -2.45. The van der Waals surface area contributed by atoms with Crippen LogP contribution in [0.4, 0.5) is 10.5 Å². The van der Waals surface area contributed by atoms with Gasteiger partial charge in [-0.25, -0.2) is 4.79 Å². The van der Waals surface area contributed by atoms with Crippen LogP contribution in [0.15, 0.2) is 84.9 Å². The van der Waals surface area contributed by atoms with Gasteiger partial charge >= 0.3 is 6.09 Å². The zero-order valence-corrected chi connectivity index (χ0v) is 18.2. The molecule has 0 radical (unpaired) electrons. The second kappa shape index (κ2) is 11.8. The summed E-state index contributed by atoms with van der Waals surface area (Å²) in [7, 11) is 0. The molecule has 0 aliphatic carbocycles. The lowest BCUT2D eigenvalue weighted by Gasteiger charge is -2.19. The first-order chi connectivity index (χ1) is 15.1. The van der Waals surface area contributed by atoms with E-state index in [1.165, 1.54) is 0 Å². The predicted octanol–water partition coefficient (Wildman–Crippen LogP) is 5.16. The van der Waals surface area contributed by atoms with Crippen molar-refractivity contribution in [2.45, 2.75) is 25.3 Å². The number of benzene rings is 3. The number of hydrogen-bond donors (Lipinski definition) is 2. The molecule has 160 valence electrons. The van der Waals surface area contributed by atoms with E-state index in [4.69, 9.17) is 4.74 Å². The summed E-state index contributed by atoms with van der Waals surface area (Å²) in [6.07, 6.45) is -0.617. The zero-order valence-electron chi connectivity index (χ0n) is 17.4. The Bertz CT molecular complexity index is 980. The summed E-state index contributed by atoms with van der Waals surface area (Å²) in [5.74, 6) is 0.898. The van der Waals surface area contributed by atoms with E-state index in [0.29, 0.717) is 5.75 Å². The van der Waals surface area contributed by atoms with Crippen molar-refractivity contribution in [2.75, 3.05) is 11.1 Å². The van der Waals surface area contributed by atoms with Crippen LogP contribution in [0.1, 0.15) is 16.7 Å². The number of amides is 2. The highest BCUT2D eigenvalue weighted by Gasteiger charge is 2.22. The van der Waals surface area contributed by atoms with E-state index >= 15 is 0 Å². The van der Waals surface area contributed by atoms with Crippen LogP contribution in [-0.4, -0.2) is 23.8 Å². The quantitative estimate of drug-likeness (QED) is 0.488. The third-order valence-electron chi connectivity index (χ3n) is 4.62. The lowest BCUT2D eigenvalue weighted by atomic mass is 10.2. The second-order valence-electron chi connectivity index (χ2n) is 7.06. The Balaban J connectivity index is 1.60. The SMILES string of the molecule is Cc1ccccc1NC(=O)C(CSCc1ccccc1)NC(=O)OCc1ccccc1. The number of hydrogen-bond acceptors (Lipinski definition) is 4. The fraction of sp³-hybridized carbons (Fsp3) is 0.200. The van der Waals surface area contributed by atoms with E-state index in [0.717, 1.165) is 28.1 Å². The van der Waals surface area contributed by atoms with Crippen LogP contribution in [0.3, 0.4) is 0 Å². The van der Waals surface area contributed by atoms with Gasteiger partial charge in [0.15, 0.2) is 0 Å². The second-order valence-corrected chi connectivity index (χ2v) is 8.09. The van der Waals surface area contributed by atoms with Gasteiger partial charge in [-0.05, 0) is 29.7 Å². The summed E-state index contributed by atoms with van der Waals surface area (Å²) in [5, 5.41) is 5.63. The fourth-order valence-electron chi connectivity index (χ4n) is 2.89. The molecule has 3 aromatic carbocycles. The molecule has 3 aromatic rings. The molecule has 0 spiro atoms. The summed E-state index contributed by atoms with van der Waals surface area (Å²) < 4.78 is 5.31. The van der Waals surface area contributed by atoms with Gasteiger partial charge in [-0.1, -0.05) is 78.9 Å². The summed E-state index contributed by atoms with van der Waals surface area (Å²) >= 11 is 1.58. The number of carbonyl (C=O) groups is 2. The molecule has 0 fully saturated rings. The Hall–Kier alpha value is -3.25. The van der Waals surface area contributed by atoms with E-state index in [9.17, 15) is 9.59 Å². The largest absolute Gasteiger partial charge is 0.445 e. The number of rotatable bonds is 9. The third kappa shape index (κ3) is 7.50. The minimum Gasteiger partial charge on any atom is -0.445 e. The number of alkyl carbamates (subject to hydrolysis) is 1. The van der Waals surface area contributed by atoms with E-state index in [1.807, 2.05) is 91.9 Å². The topological polar surface area (TPSA) is 67.4 Å². The molecule has 0 aromatic heterocycles. The van der Waals surface area contributed by atoms with Crippen molar-refractivity contribution >= 4 is 29.4 Å². The first-order valence-corrected chi connectivity index (χ1v) is 11.2. The van der Waals surface area contributed by atoms with Crippen LogP contribution in [0, 0.1) is 6.92 Å². The maximum Gasteiger partial charge on any atom is 0.408 e. The molecule has 0 heterocycles. The molecule has 0 bridgehead atoms. The highest BCUT2D eigenvalue weighted by Crippen LogP contribution is 2.16. The standard InChI is InChI=1S/C25H26N2O3S/c1-19-10-8-9-15-22(19)26-24(28)23(18-31-17-21-13-6-3-7-14-21)27-25(29)30-16-20-11-4-2-5-12-20/h2-15,23H,16-18H2,1H3,(H,26,28)(H,27,29). The van der Waals surface area contributed by atoms with Crippen molar-refractivity contribution in [1.29, 1.82) is 0 Å². The Labute approximate surface area is 187 Å². The van der Waals surface area contributed by atoms with E-state index in [2.05, 4.69) is 10.6 Å². The number of ether oxygens (including phenoxy) is 1. The maximum absolute atomic E-state index is 12.9. The molecule has 0 aliphatic rings. The maximum atomic E-state index is 12.9. The summed E-state index contributed by atoms with van der Waals surface area (Å²) in [6.45, 7) is 2.08. The predicted molar refractivity (Wildman–Crippen MR) is 126 cm³/mol. The zero-order chi connectivity index (χ0) is 21.9. The van der Waals surface area contributed by atoms with Crippen molar-refractivity contribution < 1.29 is 14.3 Å². The highest BCUT2D eigenvalue weighted by molar-refractivity contribution is 7.98. The number of aryl methyl sites for hydroxylation is 1. The van der Waals surface area contributed by atoms with Gasteiger partial charge in [-0.2, -0.15) is 11.8 Å². The average Bonchev–Trinajstić information content (AvgIpc) is 2.80. The van der Waals surface area contributed by atoms with Crippen LogP contribution < -0.4 is 10.6 Å². The molecule has 6 heteroatoms. The van der Waals surface area contributed by atoms with E-state index in [1.54, 1.807) is 11.8 Å². The normalized spacial score (nSPS) is 11.4. The molecule has 0 aliphatic heterocycles. The van der Waals surface area contributed by atoms with Gasteiger partial charge in [0.2, 0.25) is 5.91 Å². The molecule has 2 N–H and O–H groups in total. The van der Waals surface area contributed by atoms with Crippen LogP contribution >= 0.6 is 11.8 Å². The Morgan fingerprint density at radius 3 is 2.16 bits per heavy atom. The number of anilines is 1. The molecular formula is C25H26N2O3S. The van der Waals surface area contributed by atoms with Crippen molar-refractivity contribution in [3.05, 3.63) is 102 Å². The number of para-hydroxylation sites is 1. The van der Waals surface area contributed by atoms with Gasteiger partial charge < -0.3 is 15.4 Å². The van der Waals surface area contributed by atoms with Gasteiger partial charge in [0, 0.05) is 17.2 Å². The Morgan fingerprint density at radius 1 is 0.871 bits per heavy atom. The molecular weight excluding hydrogens is 408 g/mol. The Morgan fingerprint density at radius 2 is 1.48 bits per heavy atom. The van der Waals surface area contributed by atoms with E-state index < -0.39 is 12.1 Å². The van der Waals surface area contributed by atoms with Gasteiger partial charge in [-0.15, -0.1) is 0 Å². The molecule has 1 atom stereocenters. The van der Waals surface area contributed by atoms with Crippen LogP contribution in [-0.2, 0) is 21.9 Å². The van der Waals surface area contributed by atoms with Crippen LogP contribution in [0.2, 0.25) is 0 Å². The molecule has 5 nitrogen and oxygen atoms in total. The van der Waals surface area contributed by atoms with Crippen molar-refractivity contribution in [3.63, 3.8) is 0 Å². The van der Waals surface area contributed by atoms with Crippen molar-refractivity contribution in [1.82, 2.24) is 5.32 Å². The lowest BCUT2D eigenvalue weighted by molar-refractivity contribution is -0.117. The molecule has 2 amide bonds. The first kappa shape index (κ1) is 22.4. The molecule has 3 rings (SSSR count). The summed E-state index contributed by atoms with van der Waals surface area (Å²) in [4.78, 5) is 25.3. The molecule has 31 heavy (non-hydrogen) atoms. The Kier molecular flexibility index (Phi) is 8.55. The van der Waals surface area contributed by atoms with Crippen LogP contribution in [0.5, 0.6) is 0 Å². The minimum atomic E-state index is -0.725. The van der Waals surface area contributed by atoms with Gasteiger partial charge in [0.1, 0.15) is 12.6 Å². The smallest absolute Gasteiger partial charge is 0.408 e. The third-order valence-corrected chi connectivity index (χ3v) is 5.73. The van der Waals surface area contributed by atoms with Gasteiger partial charge in [0.05, 0.1) is 0 Å². The molecule has 0 saturated heterocycles. The molecule has 1 unspecified atom stereocenters. The summed E-state index contributed by atoms with van der Waals surface area (Å²) in [5.41, 5.74) is 3.73. The van der Waals surface area contributed by atoms with E-state index in [-0.39, 0.29) is 12.5 Å².